The molecule has 0 radical (unpaired) electrons. The van der Waals surface area contributed by atoms with E-state index in [9.17, 15) is 0 Å². The topological polar surface area (TPSA) is 17.8 Å². The molecule has 0 spiro atoms. The van der Waals surface area contributed by atoms with Crippen molar-refractivity contribution in [1.82, 2.24) is 9.55 Å². The third-order valence-electron chi connectivity index (χ3n) is 3.02. The van der Waals surface area contributed by atoms with Crippen molar-refractivity contribution in [2.75, 3.05) is 6.26 Å². The van der Waals surface area contributed by atoms with Crippen LogP contribution in [0.5, 0.6) is 0 Å². The molecule has 92 valence electrons. The van der Waals surface area contributed by atoms with E-state index >= 15 is 0 Å². The number of nitrogens with zero attached hydrogens (tertiary/aromatic N) is 2. The van der Waals surface area contributed by atoms with Crippen LogP contribution < -0.4 is 0 Å². The standard InChI is InChI=1S/C13H17ClN2S/c1-9-5-4-6-11-13(9)15-12(7-14)16(11)8-10(2)17-3/h4-6,10H,7-8H2,1-3H3. The fraction of sp³-hybridized carbons (Fsp3) is 0.462. The molecule has 0 aliphatic carbocycles. The molecule has 0 bridgehead atoms. The summed E-state index contributed by atoms with van der Waals surface area (Å²) in [6, 6.07) is 6.30. The molecule has 2 rings (SSSR count). The van der Waals surface area contributed by atoms with Crippen molar-refractivity contribution in [1.29, 1.82) is 0 Å². The van der Waals surface area contributed by atoms with Gasteiger partial charge in [-0.25, -0.2) is 4.98 Å². The lowest BCUT2D eigenvalue weighted by Crippen LogP contribution is -2.11. The minimum absolute atomic E-state index is 0.467. The van der Waals surface area contributed by atoms with Gasteiger partial charge in [0.15, 0.2) is 0 Å². The highest BCUT2D eigenvalue weighted by atomic mass is 35.5. The maximum absolute atomic E-state index is 5.99. The van der Waals surface area contributed by atoms with Crippen LogP contribution in [-0.2, 0) is 12.4 Å². The van der Waals surface area contributed by atoms with Crippen LogP contribution in [0.15, 0.2) is 18.2 Å². The van der Waals surface area contributed by atoms with Gasteiger partial charge < -0.3 is 4.57 Å². The minimum atomic E-state index is 0.467. The molecule has 0 fully saturated rings. The molecule has 17 heavy (non-hydrogen) atoms. The predicted molar refractivity (Wildman–Crippen MR) is 77.0 cm³/mol. The van der Waals surface area contributed by atoms with Crippen LogP contribution in [0.25, 0.3) is 11.0 Å². The van der Waals surface area contributed by atoms with Gasteiger partial charge in [-0.15, -0.1) is 11.6 Å². The van der Waals surface area contributed by atoms with Crippen LogP contribution in [0.2, 0.25) is 0 Å². The predicted octanol–water partition coefficient (Wildman–Crippen LogP) is 3.84. The van der Waals surface area contributed by atoms with E-state index in [0.717, 1.165) is 17.9 Å². The number of alkyl halides is 1. The van der Waals surface area contributed by atoms with Crippen molar-refractivity contribution in [3.05, 3.63) is 29.6 Å². The van der Waals surface area contributed by atoms with Gasteiger partial charge in [-0.05, 0) is 24.8 Å². The summed E-state index contributed by atoms with van der Waals surface area (Å²) in [5, 5.41) is 0.565. The van der Waals surface area contributed by atoms with E-state index in [2.05, 4.69) is 47.9 Å². The van der Waals surface area contributed by atoms with E-state index in [1.807, 2.05) is 11.8 Å². The zero-order valence-corrected chi connectivity index (χ0v) is 12.0. The summed E-state index contributed by atoms with van der Waals surface area (Å²) < 4.78 is 2.25. The summed E-state index contributed by atoms with van der Waals surface area (Å²) in [5.74, 6) is 1.44. The molecule has 1 atom stereocenters. The highest BCUT2D eigenvalue weighted by Crippen LogP contribution is 2.22. The van der Waals surface area contributed by atoms with Gasteiger partial charge >= 0.3 is 0 Å². The SMILES string of the molecule is CSC(C)Cn1c(CCl)nc2c(C)cccc21. The summed E-state index contributed by atoms with van der Waals surface area (Å²) >= 11 is 7.86. The van der Waals surface area contributed by atoms with E-state index in [0.29, 0.717) is 11.1 Å². The molecule has 0 saturated carbocycles. The van der Waals surface area contributed by atoms with Gasteiger partial charge in [-0.1, -0.05) is 19.1 Å². The van der Waals surface area contributed by atoms with Crippen LogP contribution in [0.3, 0.4) is 0 Å². The number of rotatable bonds is 4. The van der Waals surface area contributed by atoms with E-state index < -0.39 is 0 Å². The Kier molecular flexibility index (Phi) is 4.00. The summed E-state index contributed by atoms with van der Waals surface area (Å²) in [7, 11) is 0. The quantitative estimate of drug-likeness (QED) is 0.785. The Morgan fingerprint density at radius 3 is 2.88 bits per heavy atom. The molecule has 0 aliphatic heterocycles. The molecule has 2 aromatic rings. The molecule has 1 aromatic carbocycles. The lowest BCUT2D eigenvalue weighted by atomic mass is 10.2. The number of aromatic nitrogens is 2. The fourth-order valence-electron chi connectivity index (χ4n) is 1.97. The van der Waals surface area contributed by atoms with Gasteiger partial charge in [0.25, 0.3) is 0 Å². The first-order chi connectivity index (χ1) is 8.17. The Bertz CT molecular complexity index is 521. The van der Waals surface area contributed by atoms with Crippen molar-refractivity contribution in [3.8, 4) is 0 Å². The van der Waals surface area contributed by atoms with Gasteiger partial charge in [-0.2, -0.15) is 11.8 Å². The zero-order chi connectivity index (χ0) is 12.4. The summed E-state index contributed by atoms with van der Waals surface area (Å²) in [5.41, 5.74) is 3.49. The molecule has 4 heteroatoms. The number of imidazole rings is 1. The normalized spacial score (nSPS) is 13.2. The molecular formula is C13H17ClN2S. The molecule has 2 nitrogen and oxygen atoms in total. The average molecular weight is 269 g/mol. The third-order valence-corrected chi connectivity index (χ3v) is 4.21. The molecule has 1 heterocycles. The zero-order valence-electron chi connectivity index (χ0n) is 10.4. The lowest BCUT2D eigenvalue weighted by molar-refractivity contribution is 0.685. The lowest BCUT2D eigenvalue weighted by Gasteiger charge is -2.12. The van der Waals surface area contributed by atoms with Gasteiger partial charge in [-0.3, -0.25) is 0 Å². The Balaban J connectivity index is 2.55. The van der Waals surface area contributed by atoms with E-state index in [1.54, 1.807) is 0 Å². The second-order valence-corrected chi connectivity index (χ2v) is 5.80. The third kappa shape index (κ3) is 2.45. The Morgan fingerprint density at radius 1 is 1.47 bits per heavy atom. The van der Waals surface area contributed by atoms with Crippen LogP contribution in [0.1, 0.15) is 18.3 Å². The van der Waals surface area contributed by atoms with Crippen molar-refractivity contribution >= 4 is 34.4 Å². The van der Waals surface area contributed by atoms with Crippen LogP contribution >= 0.6 is 23.4 Å². The van der Waals surface area contributed by atoms with Gasteiger partial charge in [0.2, 0.25) is 0 Å². The number of hydrogen-bond acceptors (Lipinski definition) is 2. The number of para-hydroxylation sites is 1. The Labute approximate surface area is 111 Å². The van der Waals surface area contributed by atoms with Crippen molar-refractivity contribution < 1.29 is 0 Å². The molecular weight excluding hydrogens is 252 g/mol. The molecule has 1 aromatic heterocycles. The number of benzene rings is 1. The maximum Gasteiger partial charge on any atom is 0.124 e. The highest BCUT2D eigenvalue weighted by molar-refractivity contribution is 7.99. The van der Waals surface area contributed by atoms with Crippen molar-refractivity contribution in [3.63, 3.8) is 0 Å². The van der Waals surface area contributed by atoms with Gasteiger partial charge in [0.1, 0.15) is 5.82 Å². The number of fused-ring (bicyclic) bond motifs is 1. The fourth-order valence-corrected chi connectivity index (χ4v) is 2.47. The maximum atomic E-state index is 5.99. The van der Waals surface area contributed by atoms with Crippen LogP contribution in [0, 0.1) is 6.92 Å². The Morgan fingerprint density at radius 2 is 2.24 bits per heavy atom. The average Bonchev–Trinajstić information content (AvgIpc) is 2.69. The van der Waals surface area contributed by atoms with E-state index in [1.165, 1.54) is 11.1 Å². The van der Waals surface area contributed by atoms with Crippen LogP contribution in [0.4, 0.5) is 0 Å². The van der Waals surface area contributed by atoms with Gasteiger partial charge in [0, 0.05) is 11.8 Å². The van der Waals surface area contributed by atoms with Crippen molar-refractivity contribution in [2.45, 2.75) is 31.5 Å². The molecule has 0 aliphatic rings. The first kappa shape index (κ1) is 12.8. The highest BCUT2D eigenvalue weighted by Gasteiger charge is 2.13. The van der Waals surface area contributed by atoms with Crippen LogP contribution in [-0.4, -0.2) is 21.1 Å². The summed E-state index contributed by atoms with van der Waals surface area (Å²) in [6.07, 6.45) is 2.13. The second-order valence-electron chi connectivity index (χ2n) is 4.26. The molecule has 0 amide bonds. The summed E-state index contributed by atoms with van der Waals surface area (Å²) in [6.45, 7) is 5.28. The van der Waals surface area contributed by atoms with E-state index in [-0.39, 0.29) is 0 Å². The number of hydrogen-bond donors (Lipinski definition) is 0. The monoisotopic (exact) mass is 268 g/mol. The first-order valence-electron chi connectivity index (χ1n) is 5.71. The number of aryl methyl sites for hydroxylation is 1. The molecule has 1 unspecified atom stereocenters. The second kappa shape index (κ2) is 5.32. The minimum Gasteiger partial charge on any atom is -0.326 e. The first-order valence-corrected chi connectivity index (χ1v) is 7.53. The molecule has 0 N–H and O–H groups in total. The van der Waals surface area contributed by atoms with E-state index in [4.69, 9.17) is 11.6 Å². The van der Waals surface area contributed by atoms with Crippen molar-refractivity contribution in [2.24, 2.45) is 0 Å². The Hall–Kier alpha value is -0.670. The molecule has 0 saturated heterocycles. The summed E-state index contributed by atoms with van der Waals surface area (Å²) in [4.78, 5) is 4.64. The number of thioether (sulfide) groups is 1. The van der Waals surface area contributed by atoms with Gasteiger partial charge in [0.05, 0.1) is 16.9 Å². The largest absolute Gasteiger partial charge is 0.326 e. The smallest absolute Gasteiger partial charge is 0.124 e. The number of halogens is 1.